The van der Waals surface area contributed by atoms with Crippen molar-refractivity contribution in [1.29, 1.82) is 0 Å². The van der Waals surface area contributed by atoms with Crippen LogP contribution in [-0.2, 0) is 4.79 Å². The molecule has 0 saturated carbocycles. The molecule has 2 atom stereocenters. The summed E-state index contributed by atoms with van der Waals surface area (Å²) < 4.78 is 0. The van der Waals surface area contributed by atoms with E-state index in [1.165, 1.54) is 11.3 Å². The van der Waals surface area contributed by atoms with E-state index in [4.69, 9.17) is 0 Å². The summed E-state index contributed by atoms with van der Waals surface area (Å²) in [6, 6.07) is 18.5. The third-order valence-electron chi connectivity index (χ3n) is 5.36. The number of hydrogen-bond acceptors (Lipinski definition) is 3. The minimum atomic E-state index is -0.111. The third kappa shape index (κ3) is 4.25. The lowest BCUT2D eigenvalue weighted by atomic mass is 10.1. The van der Waals surface area contributed by atoms with E-state index in [0.717, 1.165) is 31.7 Å². The molecule has 0 aliphatic carbocycles. The lowest BCUT2D eigenvalue weighted by Gasteiger charge is -2.39. The van der Waals surface area contributed by atoms with Crippen molar-refractivity contribution in [1.82, 2.24) is 10.2 Å². The molecular formula is C22H29N3O. The summed E-state index contributed by atoms with van der Waals surface area (Å²) >= 11 is 0. The van der Waals surface area contributed by atoms with E-state index in [2.05, 4.69) is 58.4 Å². The molecule has 1 aliphatic rings. The van der Waals surface area contributed by atoms with Crippen LogP contribution in [0.4, 0.5) is 5.69 Å². The second-order valence-electron chi connectivity index (χ2n) is 7.13. The molecular weight excluding hydrogens is 322 g/mol. The quantitative estimate of drug-likeness (QED) is 0.897. The molecule has 0 radical (unpaired) electrons. The average Bonchev–Trinajstić information content (AvgIpc) is 2.68. The zero-order chi connectivity index (χ0) is 18.5. The van der Waals surface area contributed by atoms with Gasteiger partial charge in [-0.2, -0.15) is 0 Å². The number of anilines is 1. The number of nitrogens with one attached hydrogen (secondary N) is 1. The molecule has 3 rings (SSSR count). The first-order valence-electron chi connectivity index (χ1n) is 9.46. The second kappa shape index (κ2) is 8.37. The Kier molecular flexibility index (Phi) is 5.94. The lowest BCUT2D eigenvalue weighted by molar-refractivity contribution is -0.126. The van der Waals surface area contributed by atoms with Gasteiger partial charge in [0, 0.05) is 31.9 Å². The first-order valence-corrected chi connectivity index (χ1v) is 9.46. The summed E-state index contributed by atoms with van der Waals surface area (Å²) in [5, 5.41) is 3.15. The third-order valence-corrected chi connectivity index (χ3v) is 5.36. The van der Waals surface area contributed by atoms with Gasteiger partial charge in [-0.05, 0) is 38.0 Å². The van der Waals surface area contributed by atoms with Crippen molar-refractivity contribution in [3.05, 3.63) is 65.7 Å². The maximum absolute atomic E-state index is 12.7. The fourth-order valence-corrected chi connectivity index (χ4v) is 3.59. The number of hydrogen-bond donors (Lipinski definition) is 1. The fourth-order valence-electron chi connectivity index (χ4n) is 3.59. The molecule has 1 amide bonds. The molecule has 1 fully saturated rings. The Labute approximate surface area is 156 Å². The lowest BCUT2D eigenvalue weighted by Crippen LogP contribution is -2.54. The van der Waals surface area contributed by atoms with Gasteiger partial charge in [-0.3, -0.25) is 9.69 Å². The molecule has 0 aromatic heterocycles. The molecule has 2 aromatic rings. The highest BCUT2D eigenvalue weighted by molar-refractivity contribution is 5.81. The molecule has 0 bridgehead atoms. The Morgan fingerprint density at radius 2 is 1.54 bits per heavy atom. The summed E-state index contributed by atoms with van der Waals surface area (Å²) in [5.74, 6) is 0.102. The summed E-state index contributed by atoms with van der Waals surface area (Å²) in [7, 11) is 0. The number of carbonyl (C=O) groups excluding carboxylic acids is 1. The van der Waals surface area contributed by atoms with Crippen LogP contribution in [0.3, 0.4) is 0 Å². The predicted molar refractivity (Wildman–Crippen MR) is 107 cm³/mol. The minimum absolute atomic E-state index is 0.0272. The molecule has 4 heteroatoms. The maximum atomic E-state index is 12.7. The van der Waals surface area contributed by atoms with Crippen LogP contribution in [0, 0.1) is 6.92 Å². The fraction of sp³-hybridized carbons (Fsp3) is 0.409. The Bertz CT molecular complexity index is 723. The summed E-state index contributed by atoms with van der Waals surface area (Å²) in [6.07, 6.45) is 0. The number of carbonyl (C=O) groups is 1. The van der Waals surface area contributed by atoms with E-state index >= 15 is 0 Å². The number of piperazine rings is 1. The topological polar surface area (TPSA) is 35.6 Å². The Morgan fingerprint density at radius 1 is 0.923 bits per heavy atom. The smallest absolute Gasteiger partial charge is 0.237 e. The van der Waals surface area contributed by atoms with Gasteiger partial charge in [0.05, 0.1) is 12.1 Å². The highest BCUT2D eigenvalue weighted by atomic mass is 16.2. The molecule has 26 heavy (non-hydrogen) atoms. The summed E-state index contributed by atoms with van der Waals surface area (Å²) in [4.78, 5) is 17.4. The second-order valence-corrected chi connectivity index (χ2v) is 7.13. The first-order chi connectivity index (χ1) is 12.6. The van der Waals surface area contributed by atoms with Crippen molar-refractivity contribution >= 4 is 11.6 Å². The molecule has 1 aliphatic heterocycles. The molecule has 1 heterocycles. The first kappa shape index (κ1) is 18.5. The van der Waals surface area contributed by atoms with Gasteiger partial charge < -0.3 is 10.2 Å². The van der Waals surface area contributed by atoms with E-state index in [1.54, 1.807) is 0 Å². The highest BCUT2D eigenvalue weighted by Crippen LogP contribution is 2.21. The largest absolute Gasteiger partial charge is 0.369 e. The zero-order valence-corrected chi connectivity index (χ0v) is 16.0. The number of benzene rings is 2. The number of rotatable bonds is 5. The van der Waals surface area contributed by atoms with Crippen LogP contribution < -0.4 is 10.2 Å². The zero-order valence-electron chi connectivity index (χ0n) is 16.0. The Balaban J connectivity index is 1.54. The SMILES string of the molecule is Cc1ccccc1N1CCN([C@@H](C)C(=O)N[C@@H](C)c2ccccc2)CC1. The number of aryl methyl sites for hydroxylation is 1. The van der Waals surface area contributed by atoms with E-state index in [9.17, 15) is 4.79 Å². The number of amides is 1. The van der Waals surface area contributed by atoms with E-state index < -0.39 is 0 Å². The van der Waals surface area contributed by atoms with Gasteiger partial charge in [0.1, 0.15) is 0 Å². The van der Waals surface area contributed by atoms with Crippen molar-refractivity contribution in [3.8, 4) is 0 Å². The molecule has 1 N–H and O–H groups in total. The van der Waals surface area contributed by atoms with Crippen LogP contribution in [0.1, 0.15) is 31.0 Å². The Hall–Kier alpha value is -2.33. The number of para-hydroxylation sites is 1. The maximum Gasteiger partial charge on any atom is 0.237 e. The normalized spacial score (nSPS) is 17.6. The van der Waals surface area contributed by atoms with Gasteiger partial charge in [-0.25, -0.2) is 0 Å². The van der Waals surface area contributed by atoms with E-state index in [-0.39, 0.29) is 18.0 Å². The molecule has 4 nitrogen and oxygen atoms in total. The van der Waals surface area contributed by atoms with Crippen LogP contribution in [0.2, 0.25) is 0 Å². The standard InChI is InChI=1S/C22H29N3O/c1-17-9-7-8-12-21(17)25-15-13-24(14-16-25)19(3)22(26)23-18(2)20-10-5-4-6-11-20/h4-12,18-19H,13-16H2,1-3H3,(H,23,26)/t18-,19-/m0/s1. The van der Waals surface area contributed by atoms with E-state index in [0.29, 0.717) is 0 Å². The number of nitrogens with zero attached hydrogens (tertiary/aromatic N) is 2. The van der Waals surface area contributed by atoms with Crippen molar-refractivity contribution in [2.45, 2.75) is 32.9 Å². The Morgan fingerprint density at radius 3 is 2.19 bits per heavy atom. The predicted octanol–water partition coefficient (Wildman–Crippen LogP) is 3.38. The van der Waals surface area contributed by atoms with Gasteiger partial charge in [-0.15, -0.1) is 0 Å². The van der Waals surface area contributed by atoms with Crippen molar-refractivity contribution in [2.24, 2.45) is 0 Å². The van der Waals surface area contributed by atoms with Crippen LogP contribution in [-0.4, -0.2) is 43.0 Å². The van der Waals surface area contributed by atoms with Crippen LogP contribution in [0.25, 0.3) is 0 Å². The average molecular weight is 351 g/mol. The van der Waals surface area contributed by atoms with Crippen molar-refractivity contribution in [3.63, 3.8) is 0 Å². The van der Waals surface area contributed by atoms with Gasteiger partial charge in [-0.1, -0.05) is 48.5 Å². The molecule has 0 unspecified atom stereocenters. The van der Waals surface area contributed by atoms with Gasteiger partial charge in [0.2, 0.25) is 5.91 Å². The molecule has 2 aromatic carbocycles. The van der Waals surface area contributed by atoms with Crippen molar-refractivity contribution < 1.29 is 4.79 Å². The van der Waals surface area contributed by atoms with Crippen LogP contribution in [0.5, 0.6) is 0 Å². The molecule has 1 saturated heterocycles. The molecule has 0 spiro atoms. The van der Waals surface area contributed by atoms with Crippen LogP contribution in [0.15, 0.2) is 54.6 Å². The van der Waals surface area contributed by atoms with Gasteiger partial charge in [0.15, 0.2) is 0 Å². The van der Waals surface area contributed by atoms with Gasteiger partial charge >= 0.3 is 0 Å². The monoisotopic (exact) mass is 351 g/mol. The summed E-state index contributed by atoms with van der Waals surface area (Å²) in [6.45, 7) is 9.92. The highest BCUT2D eigenvalue weighted by Gasteiger charge is 2.26. The van der Waals surface area contributed by atoms with Crippen molar-refractivity contribution in [2.75, 3.05) is 31.1 Å². The minimum Gasteiger partial charge on any atom is -0.369 e. The molecule has 138 valence electrons. The van der Waals surface area contributed by atoms with E-state index in [1.807, 2.05) is 32.0 Å². The summed E-state index contributed by atoms with van der Waals surface area (Å²) in [5.41, 5.74) is 3.75. The van der Waals surface area contributed by atoms with Gasteiger partial charge in [0.25, 0.3) is 0 Å². The van der Waals surface area contributed by atoms with Crippen LogP contribution >= 0.6 is 0 Å².